The SMILES string of the molecule is N#Cc1ccc2sc3c(-c4cc(-c5ccccc5C#N)cc(-n5c6ccccc6c6c7oc8ccccc8c7ccc65)c4)cccc3c2c1. The van der Waals surface area contributed by atoms with Gasteiger partial charge in [0.05, 0.1) is 39.7 Å². The van der Waals surface area contributed by atoms with Gasteiger partial charge >= 0.3 is 0 Å². The average Bonchev–Trinajstić information content (AvgIpc) is 3.83. The van der Waals surface area contributed by atoms with E-state index in [4.69, 9.17) is 4.42 Å². The second-order valence-corrected chi connectivity index (χ2v) is 13.4. The van der Waals surface area contributed by atoms with Crippen LogP contribution < -0.4 is 0 Å². The van der Waals surface area contributed by atoms with E-state index in [2.05, 4.69) is 102 Å². The molecule has 0 unspecified atom stereocenters. The quantitative estimate of drug-likeness (QED) is 0.193. The molecule has 10 aromatic rings. The van der Waals surface area contributed by atoms with E-state index in [-0.39, 0.29) is 0 Å². The zero-order valence-electron chi connectivity index (χ0n) is 25.9. The van der Waals surface area contributed by atoms with E-state index >= 15 is 0 Å². The van der Waals surface area contributed by atoms with Crippen LogP contribution in [0, 0.1) is 22.7 Å². The highest BCUT2D eigenvalue weighted by Crippen LogP contribution is 2.44. The molecule has 0 fully saturated rings. The first-order valence-corrected chi connectivity index (χ1v) is 16.9. The van der Waals surface area contributed by atoms with Crippen molar-refractivity contribution >= 4 is 75.3 Å². The van der Waals surface area contributed by atoms with Gasteiger partial charge in [-0.15, -0.1) is 11.3 Å². The molecule has 5 heteroatoms. The maximum atomic E-state index is 10.1. The van der Waals surface area contributed by atoms with Crippen LogP contribution in [0.1, 0.15) is 11.1 Å². The van der Waals surface area contributed by atoms with E-state index < -0.39 is 0 Å². The Bertz CT molecular complexity index is 3090. The lowest BCUT2D eigenvalue weighted by atomic mass is 9.94. The van der Waals surface area contributed by atoms with E-state index in [9.17, 15) is 10.5 Å². The summed E-state index contributed by atoms with van der Waals surface area (Å²) >= 11 is 1.74. The summed E-state index contributed by atoms with van der Waals surface area (Å²) in [7, 11) is 0. The molecule has 49 heavy (non-hydrogen) atoms. The molecule has 10 rings (SSSR count). The number of rotatable bonds is 3. The maximum Gasteiger partial charge on any atom is 0.145 e. The fraction of sp³-hybridized carbons (Fsp3) is 0. The fourth-order valence-electron chi connectivity index (χ4n) is 7.49. The lowest BCUT2D eigenvalue weighted by Gasteiger charge is -2.15. The van der Waals surface area contributed by atoms with Crippen molar-refractivity contribution in [2.45, 2.75) is 0 Å². The van der Waals surface area contributed by atoms with Crippen molar-refractivity contribution in [2.24, 2.45) is 0 Å². The molecule has 4 nitrogen and oxygen atoms in total. The molecule has 0 aliphatic rings. The predicted molar refractivity (Wildman–Crippen MR) is 201 cm³/mol. The third kappa shape index (κ3) is 4.01. The van der Waals surface area contributed by atoms with Gasteiger partial charge in [-0.25, -0.2) is 0 Å². The highest BCUT2D eigenvalue weighted by molar-refractivity contribution is 7.26. The van der Waals surface area contributed by atoms with Crippen LogP contribution in [0.15, 0.2) is 144 Å². The Hall–Kier alpha value is -6.66. The van der Waals surface area contributed by atoms with Crippen molar-refractivity contribution in [2.75, 3.05) is 0 Å². The van der Waals surface area contributed by atoms with Crippen LogP contribution in [0.5, 0.6) is 0 Å². The van der Waals surface area contributed by atoms with E-state index in [1.807, 2.05) is 54.6 Å². The second-order valence-electron chi connectivity index (χ2n) is 12.3. The van der Waals surface area contributed by atoms with Gasteiger partial charge in [0.1, 0.15) is 11.2 Å². The molecule has 0 saturated heterocycles. The summed E-state index contributed by atoms with van der Waals surface area (Å²) in [6.45, 7) is 0. The molecule has 0 amide bonds. The Morgan fingerprint density at radius 3 is 2.18 bits per heavy atom. The Morgan fingerprint density at radius 2 is 1.31 bits per heavy atom. The number of thiophene rings is 1. The van der Waals surface area contributed by atoms with E-state index in [0.29, 0.717) is 11.1 Å². The minimum atomic E-state index is 0.626. The van der Waals surface area contributed by atoms with Crippen LogP contribution >= 0.6 is 11.3 Å². The van der Waals surface area contributed by atoms with Crippen molar-refractivity contribution in [1.82, 2.24) is 4.57 Å². The highest BCUT2D eigenvalue weighted by atomic mass is 32.1. The van der Waals surface area contributed by atoms with Crippen LogP contribution in [0.2, 0.25) is 0 Å². The van der Waals surface area contributed by atoms with Crippen molar-refractivity contribution in [3.8, 4) is 40.1 Å². The number of hydrogen-bond donors (Lipinski definition) is 0. The second kappa shape index (κ2) is 10.4. The minimum absolute atomic E-state index is 0.626. The van der Waals surface area contributed by atoms with E-state index in [1.165, 1.54) is 0 Å². The number of hydrogen-bond acceptors (Lipinski definition) is 4. The van der Waals surface area contributed by atoms with Gasteiger partial charge in [-0.3, -0.25) is 0 Å². The first kappa shape index (κ1) is 27.5. The van der Waals surface area contributed by atoms with Gasteiger partial charge in [0.25, 0.3) is 0 Å². The minimum Gasteiger partial charge on any atom is -0.455 e. The first-order chi connectivity index (χ1) is 24.2. The van der Waals surface area contributed by atoms with Gasteiger partial charge in [0, 0.05) is 42.0 Å². The molecule has 0 aliphatic carbocycles. The molecule has 0 saturated carbocycles. The molecule has 3 heterocycles. The molecular formula is C44H23N3OS. The number of benzene rings is 7. The van der Waals surface area contributed by atoms with Crippen molar-refractivity contribution in [1.29, 1.82) is 10.5 Å². The summed E-state index contributed by atoms with van der Waals surface area (Å²) in [5.74, 6) is 0. The number of nitrogens with zero attached hydrogens (tertiary/aromatic N) is 3. The summed E-state index contributed by atoms with van der Waals surface area (Å²) in [6.07, 6.45) is 0. The lowest BCUT2D eigenvalue weighted by molar-refractivity contribution is 0.673. The molecule has 226 valence electrons. The van der Waals surface area contributed by atoms with Gasteiger partial charge in [-0.2, -0.15) is 10.5 Å². The van der Waals surface area contributed by atoms with Gasteiger partial charge in [-0.05, 0) is 89.0 Å². The molecule has 0 atom stereocenters. The van der Waals surface area contributed by atoms with E-state index in [0.717, 1.165) is 91.9 Å². The van der Waals surface area contributed by atoms with Gasteiger partial charge in [0.2, 0.25) is 0 Å². The van der Waals surface area contributed by atoms with E-state index in [1.54, 1.807) is 11.3 Å². The Kier molecular flexibility index (Phi) is 5.84. The predicted octanol–water partition coefficient (Wildman–Crippen LogP) is 12.1. The average molecular weight is 642 g/mol. The zero-order valence-corrected chi connectivity index (χ0v) is 26.8. The van der Waals surface area contributed by atoms with Crippen LogP contribution in [-0.2, 0) is 0 Å². The van der Waals surface area contributed by atoms with Crippen LogP contribution in [0.25, 0.3) is 91.9 Å². The number of fused-ring (bicyclic) bond motifs is 10. The van der Waals surface area contributed by atoms with Crippen LogP contribution in [0.4, 0.5) is 0 Å². The standard InChI is InChI=1S/C44H23N3OS/c45-24-26-16-19-41-37(20-26)35-13-7-12-32(44(35)49-41)29-21-28(31-9-2-1-8-27(31)25-46)22-30(23-29)47-38-14-5-3-11-36(38)42-39(47)18-17-34-33-10-4-6-15-40(33)48-43(34)42/h1-23H. The molecule has 0 radical (unpaired) electrons. The number of aromatic nitrogens is 1. The van der Waals surface area contributed by atoms with Crippen LogP contribution in [-0.4, -0.2) is 4.57 Å². The van der Waals surface area contributed by atoms with Gasteiger partial charge in [-0.1, -0.05) is 72.8 Å². The van der Waals surface area contributed by atoms with Crippen molar-refractivity contribution in [3.05, 3.63) is 151 Å². The zero-order chi connectivity index (χ0) is 32.6. The molecule has 0 bridgehead atoms. The summed E-state index contributed by atoms with van der Waals surface area (Å²) in [6, 6.07) is 52.5. The van der Waals surface area contributed by atoms with Crippen LogP contribution in [0.3, 0.4) is 0 Å². The number of nitriles is 2. The summed E-state index contributed by atoms with van der Waals surface area (Å²) in [5.41, 5.74) is 10.2. The largest absolute Gasteiger partial charge is 0.455 e. The molecule has 0 aliphatic heterocycles. The monoisotopic (exact) mass is 641 g/mol. The molecule has 0 spiro atoms. The highest BCUT2D eigenvalue weighted by Gasteiger charge is 2.20. The fourth-order valence-corrected chi connectivity index (χ4v) is 8.71. The topological polar surface area (TPSA) is 65.7 Å². The van der Waals surface area contributed by atoms with Crippen molar-refractivity contribution in [3.63, 3.8) is 0 Å². The molecular weight excluding hydrogens is 619 g/mol. The summed E-state index contributed by atoms with van der Waals surface area (Å²) < 4.78 is 11.2. The molecule has 7 aromatic carbocycles. The molecule has 0 N–H and O–H groups in total. The van der Waals surface area contributed by atoms with Gasteiger partial charge < -0.3 is 8.98 Å². The Labute approximate surface area is 284 Å². The van der Waals surface area contributed by atoms with Gasteiger partial charge in [0.15, 0.2) is 0 Å². The number of furan rings is 1. The Balaban J connectivity index is 1.31. The first-order valence-electron chi connectivity index (χ1n) is 16.0. The Morgan fingerprint density at radius 1 is 0.551 bits per heavy atom. The third-order valence-corrected chi connectivity index (χ3v) is 10.9. The van der Waals surface area contributed by atoms with Crippen molar-refractivity contribution < 1.29 is 4.42 Å². The lowest BCUT2D eigenvalue weighted by Crippen LogP contribution is -1.96. The normalized spacial score (nSPS) is 11.6. The third-order valence-electron chi connectivity index (χ3n) is 9.65. The maximum absolute atomic E-state index is 10.1. The number of para-hydroxylation sites is 2. The molecule has 3 aromatic heterocycles. The smallest absolute Gasteiger partial charge is 0.145 e. The summed E-state index contributed by atoms with van der Waals surface area (Å²) in [5, 5.41) is 26.4. The summed E-state index contributed by atoms with van der Waals surface area (Å²) in [4.78, 5) is 0.